The zero-order valence-corrected chi connectivity index (χ0v) is 13.4. The summed E-state index contributed by atoms with van der Waals surface area (Å²) in [5.74, 6) is 0.302. The quantitative estimate of drug-likeness (QED) is 0.896. The molecule has 0 bridgehead atoms. The Morgan fingerprint density at radius 3 is 2.55 bits per heavy atom. The number of ether oxygens (including phenoxy) is 1. The normalized spacial score (nSPS) is 21.6. The number of carbonyl (C=O) groups excluding carboxylic acids is 2. The van der Waals surface area contributed by atoms with Gasteiger partial charge in [-0.3, -0.25) is 14.5 Å². The van der Waals surface area contributed by atoms with Gasteiger partial charge in [-0.2, -0.15) is 0 Å². The molecule has 20 heavy (non-hydrogen) atoms. The summed E-state index contributed by atoms with van der Waals surface area (Å²) >= 11 is 3.39. The van der Waals surface area contributed by atoms with Gasteiger partial charge in [-0.05, 0) is 32.9 Å². The minimum absolute atomic E-state index is 0.148. The van der Waals surface area contributed by atoms with Crippen LogP contribution in [-0.4, -0.2) is 30.5 Å². The first kappa shape index (κ1) is 14.8. The number of halogens is 1. The van der Waals surface area contributed by atoms with Crippen molar-refractivity contribution in [3.8, 4) is 5.75 Å². The standard InChI is InChI=1S/C14H17BrN2O3/c1-8-12(18)16-14(2,3)13(19)17(8)10-5-9(15)6-11(7-10)20-4/h5-8H,1-4H3,(H,16,18). The predicted octanol–water partition coefficient (Wildman–Crippen LogP) is 2.09. The van der Waals surface area contributed by atoms with Gasteiger partial charge in [0.2, 0.25) is 5.91 Å². The fourth-order valence-corrected chi connectivity index (χ4v) is 2.67. The number of benzene rings is 1. The number of nitrogens with zero attached hydrogens (tertiary/aromatic N) is 1. The summed E-state index contributed by atoms with van der Waals surface area (Å²) < 4.78 is 5.99. The van der Waals surface area contributed by atoms with E-state index in [0.29, 0.717) is 11.4 Å². The molecule has 1 aliphatic heterocycles. The van der Waals surface area contributed by atoms with Crippen LogP contribution in [0.2, 0.25) is 0 Å². The Bertz CT molecular complexity index is 572. The monoisotopic (exact) mass is 340 g/mol. The van der Waals surface area contributed by atoms with Gasteiger partial charge in [0.15, 0.2) is 0 Å². The number of nitrogens with one attached hydrogen (secondary N) is 1. The Hall–Kier alpha value is -1.56. The number of amides is 2. The maximum absolute atomic E-state index is 12.6. The smallest absolute Gasteiger partial charge is 0.252 e. The zero-order chi connectivity index (χ0) is 15.1. The number of rotatable bonds is 2. The van der Waals surface area contributed by atoms with Crippen LogP contribution in [0.1, 0.15) is 20.8 Å². The number of carbonyl (C=O) groups is 2. The van der Waals surface area contributed by atoms with E-state index in [1.165, 1.54) is 4.90 Å². The molecule has 0 saturated carbocycles. The van der Waals surface area contributed by atoms with Crippen molar-refractivity contribution in [2.24, 2.45) is 0 Å². The Morgan fingerprint density at radius 1 is 1.30 bits per heavy atom. The van der Waals surface area contributed by atoms with Gasteiger partial charge in [0.1, 0.15) is 17.3 Å². The molecule has 108 valence electrons. The topological polar surface area (TPSA) is 58.6 Å². The lowest BCUT2D eigenvalue weighted by molar-refractivity contribution is -0.136. The molecule has 5 nitrogen and oxygen atoms in total. The first-order valence-electron chi connectivity index (χ1n) is 6.26. The SMILES string of the molecule is COc1cc(Br)cc(N2C(=O)C(C)(C)NC(=O)C2C)c1. The third-order valence-electron chi connectivity index (χ3n) is 3.33. The van der Waals surface area contributed by atoms with E-state index in [0.717, 1.165) is 4.47 Å². The molecule has 1 saturated heterocycles. The van der Waals surface area contributed by atoms with Gasteiger partial charge in [0.05, 0.1) is 7.11 Å². The number of hydrogen-bond acceptors (Lipinski definition) is 3. The average Bonchev–Trinajstić information content (AvgIpc) is 2.36. The number of methoxy groups -OCH3 is 1. The number of piperazine rings is 1. The van der Waals surface area contributed by atoms with E-state index in [2.05, 4.69) is 21.2 Å². The molecule has 0 aromatic heterocycles. The molecule has 1 aromatic rings. The van der Waals surface area contributed by atoms with Gasteiger partial charge in [-0.25, -0.2) is 0 Å². The van der Waals surface area contributed by atoms with Crippen molar-refractivity contribution in [2.45, 2.75) is 32.4 Å². The van der Waals surface area contributed by atoms with Crippen LogP contribution in [0.5, 0.6) is 5.75 Å². The van der Waals surface area contributed by atoms with E-state index in [1.54, 1.807) is 46.1 Å². The van der Waals surface area contributed by atoms with Crippen molar-refractivity contribution in [3.05, 3.63) is 22.7 Å². The summed E-state index contributed by atoms with van der Waals surface area (Å²) in [6, 6.07) is 4.78. The molecule has 1 atom stereocenters. The Morgan fingerprint density at radius 2 is 1.95 bits per heavy atom. The van der Waals surface area contributed by atoms with E-state index in [-0.39, 0.29) is 11.8 Å². The van der Waals surface area contributed by atoms with Crippen molar-refractivity contribution in [3.63, 3.8) is 0 Å². The molecular formula is C14H17BrN2O3. The van der Waals surface area contributed by atoms with Gasteiger partial charge in [0, 0.05) is 16.2 Å². The third kappa shape index (κ3) is 2.52. The van der Waals surface area contributed by atoms with Crippen LogP contribution in [0.4, 0.5) is 5.69 Å². The minimum atomic E-state index is -0.918. The van der Waals surface area contributed by atoms with Crippen LogP contribution in [0.25, 0.3) is 0 Å². The average molecular weight is 341 g/mol. The van der Waals surface area contributed by atoms with Crippen molar-refractivity contribution >= 4 is 33.4 Å². The molecule has 1 unspecified atom stereocenters. The van der Waals surface area contributed by atoms with Crippen molar-refractivity contribution < 1.29 is 14.3 Å². The zero-order valence-electron chi connectivity index (χ0n) is 11.9. The molecule has 0 radical (unpaired) electrons. The Kier molecular flexibility index (Phi) is 3.77. The van der Waals surface area contributed by atoms with E-state index in [9.17, 15) is 9.59 Å². The molecule has 2 amide bonds. The van der Waals surface area contributed by atoms with E-state index >= 15 is 0 Å². The lowest BCUT2D eigenvalue weighted by atomic mass is 9.96. The summed E-state index contributed by atoms with van der Waals surface area (Å²) in [4.78, 5) is 26.1. The first-order valence-corrected chi connectivity index (χ1v) is 7.06. The highest BCUT2D eigenvalue weighted by Crippen LogP contribution is 2.31. The van der Waals surface area contributed by atoms with Gasteiger partial charge >= 0.3 is 0 Å². The summed E-state index contributed by atoms with van der Waals surface area (Å²) in [6.07, 6.45) is 0. The molecule has 6 heteroatoms. The highest BCUT2D eigenvalue weighted by molar-refractivity contribution is 9.10. The largest absolute Gasteiger partial charge is 0.497 e. The Labute approximate surface area is 126 Å². The predicted molar refractivity (Wildman–Crippen MR) is 79.9 cm³/mol. The van der Waals surface area contributed by atoms with Gasteiger partial charge in [-0.15, -0.1) is 0 Å². The van der Waals surface area contributed by atoms with Crippen LogP contribution in [-0.2, 0) is 9.59 Å². The minimum Gasteiger partial charge on any atom is -0.497 e. The summed E-state index contributed by atoms with van der Waals surface area (Å²) in [6.45, 7) is 5.10. The fourth-order valence-electron chi connectivity index (χ4n) is 2.21. The van der Waals surface area contributed by atoms with E-state index in [4.69, 9.17) is 4.74 Å². The number of anilines is 1. The molecule has 0 spiro atoms. The first-order chi connectivity index (χ1) is 9.26. The molecule has 1 aliphatic rings. The lowest BCUT2D eigenvalue weighted by Gasteiger charge is -2.41. The molecule has 1 N–H and O–H groups in total. The highest BCUT2D eigenvalue weighted by Gasteiger charge is 2.44. The second kappa shape index (κ2) is 5.09. The van der Waals surface area contributed by atoms with Gasteiger partial charge in [-0.1, -0.05) is 15.9 Å². The summed E-state index contributed by atoms with van der Waals surface area (Å²) in [5.41, 5.74) is -0.282. The highest BCUT2D eigenvalue weighted by atomic mass is 79.9. The van der Waals surface area contributed by atoms with Gasteiger partial charge < -0.3 is 10.1 Å². The second-order valence-corrected chi connectivity index (χ2v) is 6.23. The fraction of sp³-hybridized carbons (Fsp3) is 0.429. The second-order valence-electron chi connectivity index (χ2n) is 5.31. The van der Waals surface area contributed by atoms with E-state index in [1.807, 2.05) is 0 Å². The van der Waals surface area contributed by atoms with Crippen LogP contribution >= 0.6 is 15.9 Å². The van der Waals surface area contributed by atoms with Crippen molar-refractivity contribution in [1.29, 1.82) is 0 Å². The molecule has 1 heterocycles. The molecular weight excluding hydrogens is 324 g/mol. The lowest BCUT2D eigenvalue weighted by Crippen LogP contribution is -2.67. The van der Waals surface area contributed by atoms with Crippen LogP contribution in [0.15, 0.2) is 22.7 Å². The molecule has 2 rings (SSSR count). The van der Waals surface area contributed by atoms with E-state index < -0.39 is 11.6 Å². The number of hydrogen-bond donors (Lipinski definition) is 1. The van der Waals surface area contributed by atoms with Crippen molar-refractivity contribution in [1.82, 2.24) is 5.32 Å². The van der Waals surface area contributed by atoms with Crippen LogP contribution in [0.3, 0.4) is 0 Å². The third-order valence-corrected chi connectivity index (χ3v) is 3.78. The summed E-state index contributed by atoms with van der Waals surface area (Å²) in [7, 11) is 1.56. The van der Waals surface area contributed by atoms with Crippen LogP contribution in [0, 0.1) is 0 Å². The Balaban J connectivity index is 2.51. The van der Waals surface area contributed by atoms with Crippen LogP contribution < -0.4 is 15.0 Å². The maximum Gasteiger partial charge on any atom is 0.252 e. The molecule has 0 aliphatic carbocycles. The van der Waals surface area contributed by atoms with Crippen molar-refractivity contribution in [2.75, 3.05) is 12.0 Å². The van der Waals surface area contributed by atoms with Gasteiger partial charge in [0.25, 0.3) is 5.91 Å². The molecule has 1 fully saturated rings. The molecule has 1 aromatic carbocycles. The summed E-state index contributed by atoms with van der Waals surface area (Å²) in [5, 5.41) is 2.72. The maximum atomic E-state index is 12.6.